The van der Waals surface area contributed by atoms with Crippen LogP contribution < -0.4 is 11.5 Å². The SMILES string of the molecule is Cc1ccc(-c2cccc(-c3nc(N)nc(N)c3C#N)c2)cc1C. The number of benzene rings is 2. The first-order chi connectivity index (χ1) is 11.5. The summed E-state index contributed by atoms with van der Waals surface area (Å²) in [4.78, 5) is 8.06. The summed E-state index contributed by atoms with van der Waals surface area (Å²) in [5.74, 6) is 0.148. The Bertz CT molecular complexity index is 970. The van der Waals surface area contributed by atoms with E-state index in [9.17, 15) is 5.26 Å². The lowest BCUT2D eigenvalue weighted by Crippen LogP contribution is -2.05. The van der Waals surface area contributed by atoms with E-state index in [0.717, 1.165) is 16.7 Å². The van der Waals surface area contributed by atoms with Gasteiger partial charge in [0.25, 0.3) is 0 Å². The third kappa shape index (κ3) is 2.77. The molecule has 0 saturated carbocycles. The molecule has 0 aliphatic heterocycles. The minimum atomic E-state index is 0.0538. The molecule has 0 aliphatic carbocycles. The molecule has 0 unspecified atom stereocenters. The minimum Gasteiger partial charge on any atom is -0.382 e. The van der Waals surface area contributed by atoms with E-state index in [2.05, 4.69) is 48.1 Å². The van der Waals surface area contributed by atoms with Crippen LogP contribution in [0.4, 0.5) is 11.8 Å². The molecule has 1 heterocycles. The van der Waals surface area contributed by atoms with Gasteiger partial charge in [-0.25, -0.2) is 4.98 Å². The van der Waals surface area contributed by atoms with E-state index < -0.39 is 0 Å². The van der Waals surface area contributed by atoms with Gasteiger partial charge in [-0.05, 0) is 42.2 Å². The van der Waals surface area contributed by atoms with E-state index in [-0.39, 0.29) is 17.3 Å². The number of hydrogen-bond donors (Lipinski definition) is 2. The van der Waals surface area contributed by atoms with Crippen LogP contribution in [0.15, 0.2) is 42.5 Å². The fourth-order valence-electron chi connectivity index (χ4n) is 2.58. The van der Waals surface area contributed by atoms with Crippen LogP contribution in [0.1, 0.15) is 16.7 Å². The summed E-state index contributed by atoms with van der Waals surface area (Å²) in [6.07, 6.45) is 0. The molecular formula is C19H17N5. The van der Waals surface area contributed by atoms with Gasteiger partial charge in [-0.1, -0.05) is 36.4 Å². The lowest BCUT2D eigenvalue weighted by atomic mass is 9.97. The van der Waals surface area contributed by atoms with Gasteiger partial charge in [0, 0.05) is 5.56 Å². The fourth-order valence-corrected chi connectivity index (χ4v) is 2.58. The molecule has 5 nitrogen and oxygen atoms in total. The van der Waals surface area contributed by atoms with Gasteiger partial charge in [0.1, 0.15) is 17.5 Å². The average molecular weight is 315 g/mol. The van der Waals surface area contributed by atoms with Gasteiger partial charge >= 0.3 is 0 Å². The van der Waals surface area contributed by atoms with Crippen molar-refractivity contribution in [2.24, 2.45) is 0 Å². The monoisotopic (exact) mass is 315 g/mol. The van der Waals surface area contributed by atoms with Crippen LogP contribution in [0, 0.1) is 25.2 Å². The van der Waals surface area contributed by atoms with Crippen molar-refractivity contribution in [3.05, 3.63) is 59.2 Å². The normalized spacial score (nSPS) is 10.4. The van der Waals surface area contributed by atoms with E-state index in [1.807, 2.05) is 24.3 Å². The summed E-state index contributed by atoms with van der Waals surface area (Å²) >= 11 is 0. The van der Waals surface area contributed by atoms with Crippen molar-refractivity contribution in [1.29, 1.82) is 5.26 Å². The van der Waals surface area contributed by atoms with Crippen LogP contribution in [0.5, 0.6) is 0 Å². The molecule has 2 aromatic carbocycles. The van der Waals surface area contributed by atoms with Crippen molar-refractivity contribution in [2.45, 2.75) is 13.8 Å². The molecule has 3 rings (SSSR count). The van der Waals surface area contributed by atoms with E-state index in [0.29, 0.717) is 5.69 Å². The topological polar surface area (TPSA) is 102 Å². The number of anilines is 2. The van der Waals surface area contributed by atoms with Crippen molar-refractivity contribution >= 4 is 11.8 Å². The maximum Gasteiger partial charge on any atom is 0.222 e. The van der Waals surface area contributed by atoms with Gasteiger partial charge in [-0.2, -0.15) is 10.2 Å². The van der Waals surface area contributed by atoms with E-state index >= 15 is 0 Å². The molecule has 24 heavy (non-hydrogen) atoms. The van der Waals surface area contributed by atoms with Crippen LogP contribution in [-0.4, -0.2) is 9.97 Å². The standard InChI is InChI=1S/C19H17N5/c1-11-6-7-14(8-12(11)2)13-4-3-5-15(9-13)17-16(10-20)18(21)24-19(22)23-17/h3-9H,1-2H3,(H4,21,22,23,24). The Labute approximate surface area is 140 Å². The molecule has 0 atom stereocenters. The van der Waals surface area contributed by atoms with E-state index in [1.165, 1.54) is 11.1 Å². The lowest BCUT2D eigenvalue weighted by Gasteiger charge is -2.10. The zero-order valence-electron chi connectivity index (χ0n) is 13.5. The average Bonchev–Trinajstić information content (AvgIpc) is 2.57. The molecule has 0 bridgehead atoms. The second kappa shape index (κ2) is 6.01. The minimum absolute atomic E-state index is 0.0538. The molecule has 0 aliphatic rings. The van der Waals surface area contributed by atoms with Crippen molar-refractivity contribution in [3.8, 4) is 28.5 Å². The van der Waals surface area contributed by atoms with Gasteiger partial charge in [0.05, 0.1) is 5.69 Å². The molecule has 0 radical (unpaired) electrons. The van der Waals surface area contributed by atoms with Gasteiger partial charge in [0.2, 0.25) is 5.95 Å². The Morgan fingerprint density at radius 2 is 1.58 bits per heavy atom. The van der Waals surface area contributed by atoms with Crippen LogP contribution in [0.25, 0.3) is 22.4 Å². The Hall–Kier alpha value is -3.39. The molecule has 118 valence electrons. The first-order valence-corrected chi connectivity index (χ1v) is 7.50. The van der Waals surface area contributed by atoms with Gasteiger partial charge in [-0.3, -0.25) is 0 Å². The van der Waals surface area contributed by atoms with E-state index in [1.54, 1.807) is 0 Å². The second-order valence-corrected chi connectivity index (χ2v) is 5.68. The first kappa shape index (κ1) is 15.5. The highest BCUT2D eigenvalue weighted by Crippen LogP contribution is 2.30. The summed E-state index contributed by atoms with van der Waals surface area (Å²) in [5, 5.41) is 9.35. The summed E-state index contributed by atoms with van der Waals surface area (Å²) in [5.41, 5.74) is 17.6. The van der Waals surface area contributed by atoms with Crippen LogP contribution in [0.2, 0.25) is 0 Å². The number of hydrogen-bond acceptors (Lipinski definition) is 5. The largest absolute Gasteiger partial charge is 0.382 e. The van der Waals surface area contributed by atoms with Crippen LogP contribution >= 0.6 is 0 Å². The molecule has 3 aromatic rings. The molecule has 0 amide bonds. The maximum atomic E-state index is 9.35. The number of nitrogens with zero attached hydrogens (tertiary/aromatic N) is 3. The molecule has 0 saturated heterocycles. The van der Waals surface area contributed by atoms with Gasteiger partial charge in [0.15, 0.2) is 0 Å². The third-order valence-corrected chi connectivity index (χ3v) is 4.04. The smallest absolute Gasteiger partial charge is 0.222 e. The maximum absolute atomic E-state index is 9.35. The second-order valence-electron chi connectivity index (χ2n) is 5.68. The van der Waals surface area contributed by atoms with Gasteiger partial charge < -0.3 is 11.5 Å². The molecule has 4 N–H and O–H groups in total. The first-order valence-electron chi connectivity index (χ1n) is 7.50. The molecule has 0 fully saturated rings. The molecule has 1 aromatic heterocycles. The number of aromatic nitrogens is 2. The number of rotatable bonds is 2. The number of nitrogens with two attached hydrogens (primary N) is 2. The van der Waals surface area contributed by atoms with Gasteiger partial charge in [-0.15, -0.1) is 0 Å². The van der Waals surface area contributed by atoms with Crippen LogP contribution in [0.3, 0.4) is 0 Å². The molecule has 0 spiro atoms. The van der Waals surface area contributed by atoms with Crippen molar-refractivity contribution in [1.82, 2.24) is 9.97 Å². The summed E-state index contributed by atoms with van der Waals surface area (Å²) in [6.45, 7) is 4.17. The predicted molar refractivity (Wildman–Crippen MR) is 95.9 cm³/mol. The van der Waals surface area contributed by atoms with Crippen molar-refractivity contribution < 1.29 is 0 Å². The number of nitrogen functional groups attached to an aromatic ring is 2. The Morgan fingerprint density at radius 3 is 2.29 bits per heavy atom. The van der Waals surface area contributed by atoms with Crippen LogP contribution in [-0.2, 0) is 0 Å². The third-order valence-electron chi connectivity index (χ3n) is 4.04. The number of nitriles is 1. The fraction of sp³-hybridized carbons (Fsp3) is 0.105. The highest BCUT2D eigenvalue weighted by atomic mass is 15.0. The zero-order valence-corrected chi connectivity index (χ0v) is 13.5. The summed E-state index contributed by atoms with van der Waals surface area (Å²) in [7, 11) is 0. The molecular weight excluding hydrogens is 298 g/mol. The lowest BCUT2D eigenvalue weighted by molar-refractivity contribution is 1.18. The predicted octanol–water partition coefficient (Wildman–Crippen LogP) is 3.46. The van der Waals surface area contributed by atoms with Crippen molar-refractivity contribution in [2.75, 3.05) is 11.5 Å². The quantitative estimate of drug-likeness (QED) is 0.754. The highest BCUT2D eigenvalue weighted by molar-refractivity contribution is 5.77. The zero-order chi connectivity index (χ0) is 17.3. The Kier molecular flexibility index (Phi) is 3.88. The Balaban J connectivity index is 2.16. The van der Waals surface area contributed by atoms with Crippen molar-refractivity contribution in [3.63, 3.8) is 0 Å². The highest BCUT2D eigenvalue weighted by Gasteiger charge is 2.13. The molecule has 5 heteroatoms. The number of aryl methyl sites for hydroxylation is 2. The summed E-state index contributed by atoms with van der Waals surface area (Å²) < 4.78 is 0. The van der Waals surface area contributed by atoms with E-state index in [4.69, 9.17) is 11.5 Å². The summed E-state index contributed by atoms with van der Waals surface area (Å²) in [6, 6.07) is 16.2. The Morgan fingerprint density at radius 1 is 0.875 bits per heavy atom.